The van der Waals surface area contributed by atoms with Crippen LogP contribution >= 0.6 is 0 Å². The van der Waals surface area contributed by atoms with E-state index in [1.54, 1.807) is 12.4 Å². The third kappa shape index (κ3) is 2.18. The summed E-state index contributed by atoms with van der Waals surface area (Å²) in [4.78, 5) is 8.94. The van der Waals surface area contributed by atoms with Crippen LogP contribution in [0.25, 0.3) is 16.6 Å². The quantitative estimate of drug-likeness (QED) is 0.745. The van der Waals surface area contributed by atoms with Crippen molar-refractivity contribution in [2.24, 2.45) is 0 Å². The molecule has 0 saturated carbocycles. The van der Waals surface area contributed by atoms with E-state index < -0.39 is 0 Å². The van der Waals surface area contributed by atoms with Crippen molar-refractivity contribution in [3.05, 3.63) is 72.2 Å². The van der Waals surface area contributed by atoms with E-state index in [4.69, 9.17) is 0 Å². The normalized spacial score (nSPS) is 13.4. The molecule has 1 aliphatic rings. The number of nitrogens with zero attached hydrogens (tertiary/aromatic N) is 3. The zero-order chi connectivity index (χ0) is 12.2. The van der Waals surface area contributed by atoms with Crippen molar-refractivity contribution in [2.75, 3.05) is 0 Å². The summed E-state index contributed by atoms with van der Waals surface area (Å²) in [6, 6.07) is 11.8. The molecule has 0 amide bonds. The molecular weight excluding hydrogens is 221 g/mol. The zero-order valence-electron chi connectivity index (χ0n) is 9.77. The van der Waals surface area contributed by atoms with Crippen LogP contribution in [0.1, 0.15) is 0 Å². The Morgan fingerprint density at radius 2 is 1.89 bits per heavy atom. The topological polar surface area (TPSA) is 39.9 Å². The summed E-state index contributed by atoms with van der Waals surface area (Å²) < 4.78 is 0. The summed E-state index contributed by atoms with van der Waals surface area (Å²) in [6.07, 6.45) is 7.49. The lowest BCUT2D eigenvalue weighted by molar-refractivity contribution is 1.27. The fourth-order valence-electron chi connectivity index (χ4n) is 1.86. The largest absolute Gasteiger partial charge is 0.704 e. The lowest BCUT2D eigenvalue weighted by atomic mass is 9.58. The van der Waals surface area contributed by atoms with E-state index in [1.807, 2.05) is 54.5 Å². The van der Waals surface area contributed by atoms with Crippen LogP contribution in [0.3, 0.4) is 0 Å². The van der Waals surface area contributed by atoms with Gasteiger partial charge < -0.3 is 5.23 Å². The van der Waals surface area contributed by atoms with Crippen LogP contribution in [-0.2, 0) is 0 Å². The molecule has 0 atom stereocenters. The predicted octanol–water partition coefficient (Wildman–Crippen LogP) is 2.34. The summed E-state index contributed by atoms with van der Waals surface area (Å²) in [5.41, 5.74) is 2.71. The molecule has 0 radical (unpaired) electrons. The van der Waals surface area contributed by atoms with Gasteiger partial charge in [0.2, 0.25) is 0 Å². The van der Waals surface area contributed by atoms with Crippen molar-refractivity contribution >= 4 is 12.4 Å². The van der Waals surface area contributed by atoms with Gasteiger partial charge in [-0.1, -0.05) is 30.4 Å². The summed E-state index contributed by atoms with van der Waals surface area (Å²) in [6.45, 7) is 0.0127. The second kappa shape index (κ2) is 4.88. The Bertz CT molecular complexity index is 593. The highest BCUT2D eigenvalue weighted by Crippen LogP contribution is 2.12. The van der Waals surface area contributed by atoms with Crippen LogP contribution in [0.2, 0.25) is 0 Å². The van der Waals surface area contributed by atoms with Crippen molar-refractivity contribution in [3.8, 4) is 11.4 Å². The Hall–Kier alpha value is -2.36. The second-order valence-electron chi connectivity index (χ2n) is 3.98. The van der Waals surface area contributed by atoms with E-state index in [2.05, 4.69) is 15.2 Å². The molecule has 0 saturated heterocycles. The molecule has 3 heterocycles. The third-order valence-electron chi connectivity index (χ3n) is 2.74. The first-order valence-corrected chi connectivity index (χ1v) is 5.85. The molecule has 18 heavy (non-hydrogen) atoms. The molecular formula is C14H11BN3-. The molecule has 1 aliphatic heterocycles. The molecule has 0 bridgehead atoms. The van der Waals surface area contributed by atoms with E-state index in [-0.39, 0.29) is 6.85 Å². The van der Waals surface area contributed by atoms with Gasteiger partial charge in [-0.2, -0.15) is 6.20 Å². The molecule has 0 unspecified atom stereocenters. The Kier molecular flexibility index (Phi) is 2.92. The number of hydrogen-bond acceptors (Lipinski definition) is 2. The summed E-state index contributed by atoms with van der Waals surface area (Å²) in [5, 5.41) is 4.38. The minimum absolute atomic E-state index is 0.0127. The average molecular weight is 232 g/mol. The Labute approximate surface area is 106 Å². The average Bonchev–Trinajstić information content (AvgIpc) is 2.49. The lowest BCUT2D eigenvalue weighted by Gasteiger charge is -2.25. The minimum atomic E-state index is 0.0127. The van der Waals surface area contributed by atoms with E-state index in [0.29, 0.717) is 0 Å². The van der Waals surface area contributed by atoms with Crippen molar-refractivity contribution in [1.82, 2.24) is 9.97 Å². The molecule has 0 aromatic carbocycles. The molecule has 0 aliphatic carbocycles. The van der Waals surface area contributed by atoms with Gasteiger partial charge in [0.25, 0.3) is 0 Å². The van der Waals surface area contributed by atoms with Crippen LogP contribution in [0.5, 0.6) is 0 Å². The van der Waals surface area contributed by atoms with E-state index >= 15 is 0 Å². The van der Waals surface area contributed by atoms with Crippen LogP contribution < -0.4 is 5.59 Å². The van der Waals surface area contributed by atoms with Gasteiger partial charge in [0.15, 0.2) is 0 Å². The monoisotopic (exact) mass is 232 g/mol. The van der Waals surface area contributed by atoms with Crippen molar-refractivity contribution in [3.63, 3.8) is 0 Å². The Morgan fingerprint density at radius 1 is 0.944 bits per heavy atom. The standard InChI is InChI=1S/C14H11BN3/c1-3-10-16-12(6-1)13-7-5-8-14(18-13)15-9-2-4-11-17-15/h1-11H/q-1. The van der Waals surface area contributed by atoms with Gasteiger partial charge in [-0.05, 0) is 23.8 Å². The third-order valence-corrected chi connectivity index (χ3v) is 2.74. The van der Waals surface area contributed by atoms with Crippen LogP contribution in [-0.4, -0.2) is 16.8 Å². The van der Waals surface area contributed by atoms with Gasteiger partial charge in [0, 0.05) is 6.20 Å². The molecule has 4 heteroatoms. The van der Waals surface area contributed by atoms with Gasteiger partial charge in [0.05, 0.1) is 11.4 Å². The first-order chi connectivity index (χ1) is 8.93. The maximum Gasteiger partial charge on any atom is 0.120 e. The van der Waals surface area contributed by atoms with Crippen molar-refractivity contribution in [1.29, 1.82) is 0 Å². The molecule has 0 fully saturated rings. The second-order valence-corrected chi connectivity index (χ2v) is 3.98. The van der Waals surface area contributed by atoms with Crippen LogP contribution in [0, 0.1) is 0 Å². The Morgan fingerprint density at radius 3 is 2.67 bits per heavy atom. The van der Waals surface area contributed by atoms with Gasteiger partial charge in [-0.25, -0.2) is 0 Å². The Balaban J connectivity index is 1.94. The summed E-state index contributed by atoms with van der Waals surface area (Å²) in [7, 11) is 0. The number of rotatable bonds is 2. The van der Waals surface area contributed by atoms with Gasteiger partial charge in [-0.3, -0.25) is 9.97 Å². The van der Waals surface area contributed by atoms with Crippen LogP contribution in [0.15, 0.2) is 66.9 Å². The molecule has 86 valence electrons. The number of hydrogen-bond donors (Lipinski definition) is 0. The first-order valence-electron chi connectivity index (χ1n) is 5.85. The summed E-state index contributed by atoms with van der Waals surface area (Å²) in [5.74, 6) is 2.03. The van der Waals surface area contributed by atoms with E-state index in [0.717, 1.165) is 17.0 Å². The smallest absolute Gasteiger partial charge is 0.120 e. The van der Waals surface area contributed by atoms with Gasteiger partial charge in [0.1, 0.15) is 6.85 Å². The molecule has 2 aromatic heterocycles. The highest BCUT2D eigenvalue weighted by molar-refractivity contribution is 6.81. The highest BCUT2D eigenvalue weighted by atomic mass is 14.8. The maximum absolute atomic E-state index is 4.63. The number of aromatic nitrogens is 2. The molecule has 2 aromatic rings. The zero-order valence-corrected chi connectivity index (χ0v) is 9.77. The first kappa shape index (κ1) is 10.8. The van der Waals surface area contributed by atoms with Gasteiger partial charge >= 0.3 is 0 Å². The number of allylic oxidation sites excluding steroid dienone is 2. The molecule has 0 N–H and O–H groups in total. The lowest BCUT2D eigenvalue weighted by Crippen LogP contribution is -2.30. The predicted molar refractivity (Wildman–Crippen MR) is 74.5 cm³/mol. The maximum atomic E-state index is 4.63. The molecule has 3 rings (SSSR count). The van der Waals surface area contributed by atoms with E-state index in [1.165, 1.54) is 0 Å². The fourth-order valence-corrected chi connectivity index (χ4v) is 1.86. The molecule has 3 nitrogen and oxygen atoms in total. The summed E-state index contributed by atoms with van der Waals surface area (Å²) >= 11 is 0. The van der Waals surface area contributed by atoms with Crippen molar-refractivity contribution in [2.45, 2.75) is 0 Å². The van der Waals surface area contributed by atoms with E-state index in [9.17, 15) is 0 Å². The van der Waals surface area contributed by atoms with Crippen molar-refractivity contribution < 1.29 is 0 Å². The van der Waals surface area contributed by atoms with Gasteiger partial charge in [-0.15, -0.1) is 5.98 Å². The minimum Gasteiger partial charge on any atom is -0.704 e. The highest BCUT2D eigenvalue weighted by Gasteiger charge is 2.06. The fraction of sp³-hybridized carbons (Fsp3) is 0. The SMILES string of the molecule is C1=C[N-]B(c2cccc(-c3ccccn3)n2)C=C1. The molecule has 0 spiro atoms. The van der Waals surface area contributed by atoms with Crippen LogP contribution in [0.4, 0.5) is 0 Å². The number of pyridine rings is 2.